The van der Waals surface area contributed by atoms with Gasteiger partial charge >= 0.3 is 0 Å². The fraction of sp³-hybridized carbons (Fsp3) is 0. The highest BCUT2D eigenvalue weighted by Crippen LogP contribution is 2.48. The van der Waals surface area contributed by atoms with E-state index in [1.54, 1.807) is 0 Å². The van der Waals surface area contributed by atoms with Crippen molar-refractivity contribution in [3.63, 3.8) is 0 Å². The van der Waals surface area contributed by atoms with Gasteiger partial charge in [-0.1, -0.05) is 146 Å². The minimum Gasteiger partial charge on any atom is -0.455 e. The highest BCUT2D eigenvalue weighted by atomic mass is 16.3. The van der Waals surface area contributed by atoms with Crippen LogP contribution in [0, 0.1) is 0 Å². The van der Waals surface area contributed by atoms with Crippen molar-refractivity contribution in [2.24, 2.45) is 0 Å². The van der Waals surface area contributed by atoms with Gasteiger partial charge in [-0.05, 0) is 69.8 Å². The zero-order valence-corrected chi connectivity index (χ0v) is 28.7. The average molecular weight is 678 g/mol. The fourth-order valence-corrected chi connectivity index (χ4v) is 8.24. The molecule has 3 heteroatoms. The first kappa shape index (κ1) is 29.6. The summed E-state index contributed by atoms with van der Waals surface area (Å²) in [5.41, 5.74) is 11.2. The molecule has 0 atom stereocenters. The topological polar surface area (TPSA) is 29.5 Å². The number of hydrogen-bond acceptors (Lipinski definition) is 3. The summed E-state index contributed by atoms with van der Waals surface area (Å²) in [6, 6.07) is 66.6. The van der Waals surface area contributed by atoms with Crippen molar-refractivity contribution < 1.29 is 8.83 Å². The number of benzene rings is 9. The van der Waals surface area contributed by atoms with E-state index in [4.69, 9.17) is 8.83 Å². The third kappa shape index (κ3) is 4.61. The maximum atomic E-state index is 6.88. The molecule has 0 saturated heterocycles. The van der Waals surface area contributed by atoms with Gasteiger partial charge in [0.05, 0.1) is 5.69 Å². The molecule has 248 valence electrons. The Morgan fingerprint density at radius 1 is 0.321 bits per heavy atom. The number of hydrogen-bond donors (Lipinski definition) is 0. The summed E-state index contributed by atoms with van der Waals surface area (Å²) in [5.74, 6) is 0. The molecule has 0 bridgehead atoms. The van der Waals surface area contributed by atoms with Gasteiger partial charge in [-0.25, -0.2) is 0 Å². The number of nitrogens with zero attached hydrogens (tertiary/aromatic N) is 1. The van der Waals surface area contributed by atoms with E-state index in [0.29, 0.717) is 0 Å². The minimum atomic E-state index is 0.867. The van der Waals surface area contributed by atoms with Crippen LogP contribution in [-0.4, -0.2) is 0 Å². The van der Waals surface area contributed by atoms with Gasteiger partial charge in [-0.3, -0.25) is 0 Å². The SMILES string of the molecule is c1ccc(-c2cc3oc4c5ccccc5c5ccccc5c4c3cc2N(c2ccccc2)c2ccc(-c3cccc4c3oc3ccccc34)cc2)cc1. The van der Waals surface area contributed by atoms with Crippen molar-refractivity contribution in [3.05, 3.63) is 188 Å². The number of furan rings is 2. The quantitative estimate of drug-likeness (QED) is 0.170. The molecule has 0 aliphatic carbocycles. The van der Waals surface area contributed by atoms with E-state index in [0.717, 1.165) is 88.6 Å². The summed E-state index contributed by atoms with van der Waals surface area (Å²) in [6.45, 7) is 0. The van der Waals surface area contributed by atoms with Crippen LogP contribution in [-0.2, 0) is 0 Å². The van der Waals surface area contributed by atoms with Crippen LogP contribution in [0.2, 0.25) is 0 Å². The van der Waals surface area contributed by atoms with Gasteiger partial charge in [0.1, 0.15) is 22.3 Å². The molecule has 0 saturated carbocycles. The minimum absolute atomic E-state index is 0.867. The monoisotopic (exact) mass is 677 g/mol. The second-order valence-electron chi connectivity index (χ2n) is 13.6. The van der Waals surface area contributed by atoms with Gasteiger partial charge < -0.3 is 13.7 Å². The largest absolute Gasteiger partial charge is 0.455 e. The third-order valence-electron chi connectivity index (χ3n) is 10.6. The van der Waals surface area contributed by atoms with Crippen LogP contribution in [0.25, 0.3) is 87.7 Å². The Bertz CT molecular complexity index is 3160. The van der Waals surface area contributed by atoms with Crippen LogP contribution in [0.3, 0.4) is 0 Å². The van der Waals surface area contributed by atoms with Crippen molar-refractivity contribution in [2.45, 2.75) is 0 Å². The first-order chi connectivity index (χ1) is 26.3. The molecular weight excluding hydrogens is 647 g/mol. The second kappa shape index (κ2) is 11.7. The van der Waals surface area contributed by atoms with E-state index < -0.39 is 0 Å². The fourth-order valence-electron chi connectivity index (χ4n) is 8.24. The Morgan fingerprint density at radius 3 is 1.64 bits per heavy atom. The van der Waals surface area contributed by atoms with Crippen LogP contribution in [0.1, 0.15) is 0 Å². The lowest BCUT2D eigenvalue weighted by atomic mass is 9.95. The molecule has 11 aromatic rings. The third-order valence-corrected chi connectivity index (χ3v) is 10.6. The summed E-state index contributed by atoms with van der Waals surface area (Å²) >= 11 is 0. The Morgan fingerprint density at radius 2 is 0.868 bits per heavy atom. The van der Waals surface area contributed by atoms with Crippen LogP contribution >= 0.6 is 0 Å². The van der Waals surface area contributed by atoms with Gasteiger partial charge in [0.25, 0.3) is 0 Å². The van der Waals surface area contributed by atoms with Gasteiger partial charge in [-0.2, -0.15) is 0 Å². The molecule has 0 radical (unpaired) electrons. The molecule has 9 aromatic carbocycles. The predicted molar refractivity (Wildman–Crippen MR) is 222 cm³/mol. The highest BCUT2D eigenvalue weighted by molar-refractivity contribution is 6.30. The molecular formula is C50H31NO2. The zero-order chi connectivity index (χ0) is 34.9. The Kier molecular flexibility index (Phi) is 6.55. The lowest BCUT2D eigenvalue weighted by Crippen LogP contribution is -2.11. The molecule has 11 rings (SSSR count). The molecule has 0 spiro atoms. The molecule has 0 fully saturated rings. The molecule has 0 unspecified atom stereocenters. The van der Waals surface area contributed by atoms with Crippen molar-refractivity contribution >= 4 is 82.5 Å². The zero-order valence-electron chi connectivity index (χ0n) is 28.7. The van der Waals surface area contributed by atoms with Crippen molar-refractivity contribution in [1.82, 2.24) is 0 Å². The predicted octanol–water partition coefficient (Wildman–Crippen LogP) is 14.6. The summed E-state index contributed by atoms with van der Waals surface area (Å²) in [5, 5.41) is 9.21. The first-order valence-corrected chi connectivity index (χ1v) is 18.0. The second-order valence-corrected chi connectivity index (χ2v) is 13.6. The normalized spacial score (nSPS) is 11.8. The summed E-state index contributed by atoms with van der Waals surface area (Å²) in [7, 11) is 0. The van der Waals surface area contributed by atoms with Crippen molar-refractivity contribution in [2.75, 3.05) is 4.90 Å². The maximum Gasteiger partial charge on any atom is 0.143 e. The van der Waals surface area contributed by atoms with Crippen molar-refractivity contribution in [1.29, 1.82) is 0 Å². The van der Waals surface area contributed by atoms with Crippen LogP contribution in [0.15, 0.2) is 197 Å². The van der Waals surface area contributed by atoms with Gasteiger partial charge in [-0.15, -0.1) is 0 Å². The van der Waals surface area contributed by atoms with Crippen LogP contribution in [0.4, 0.5) is 17.1 Å². The van der Waals surface area contributed by atoms with E-state index in [9.17, 15) is 0 Å². The molecule has 0 aliphatic heterocycles. The standard InChI is InChI=1S/C50H31NO2/c1-3-14-32(15-4-1)43-31-47-44(48-40-21-9-7-18-37(40)38-19-8-10-22-41(38)50(48)53-47)30-45(43)51(34-16-5-2-6-17-34)35-28-26-33(27-29-35)36-23-13-24-42-39-20-11-12-25-46(39)52-49(36)42/h1-31H. The van der Waals surface area contributed by atoms with E-state index in [-0.39, 0.29) is 0 Å². The lowest BCUT2D eigenvalue weighted by molar-refractivity contribution is 0.670. The summed E-state index contributed by atoms with van der Waals surface area (Å²) < 4.78 is 13.3. The summed E-state index contributed by atoms with van der Waals surface area (Å²) in [6.07, 6.45) is 0. The Hall–Kier alpha value is -7.10. The van der Waals surface area contributed by atoms with E-state index >= 15 is 0 Å². The van der Waals surface area contributed by atoms with Crippen LogP contribution in [0.5, 0.6) is 0 Å². The molecule has 53 heavy (non-hydrogen) atoms. The van der Waals surface area contributed by atoms with Gasteiger partial charge in [0.15, 0.2) is 0 Å². The van der Waals surface area contributed by atoms with Crippen LogP contribution < -0.4 is 4.90 Å². The Labute approximate surface area is 305 Å². The molecule has 0 amide bonds. The number of para-hydroxylation sites is 3. The van der Waals surface area contributed by atoms with E-state index in [1.165, 1.54) is 16.2 Å². The lowest BCUT2D eigenvalue weighted by Gasteiger charge is -2.28. The molecule has 0 N–H and O–H groups in total. The molecule has 2 aromatic heterocycles. The molecule has 2 heterocycles. The number of anilines is 3. The molecule has 3 nitrogen and oxygen atoms in total. The number of rotatable bonds is 5. The number of fused-ring (bicyclic) bond motifs is 11. The molecule has 0 aliphatic rings. The van der Waals surface area contributed by atoms with Crippen molar-refractivity contribution in [3.8, 4) is 22.3 Å². The van der Waals surface area contributed by atoms with Gasteiger partial charge in [0.2, 0.25) is 0 Å². The highest BCUT2D eigenvalue weighted by Gasteiger charge is 2.23. The van der Waals surface area contributed by atoms with Gasteiger partial charge in [0, 0.05) is 49.4 Å². The maximum absolute atomic E-state index is 6.88. The van der Waals surface area contributed by atoms with E-state index in [1.807, 2.05) is 12.1 Å². The first-order valence-electron chi connectivity index (χ1n) is 18.0. The summed E-state index contributed by atoms with van der Waals surface area (Å²) in [4.78, 5) is 2.37. The Balaban J connectivity index is 1.17. The van der Waals surface area contributed by atoms with E-state index in [2.05, 4.69) is 181 Å². The average Bonchev–Trinajstić information content (AvgIpc) is 3.81. The smallest absolute Gasteiger partial charge is 0.143 e.